The van der Waals surface area contributed by atoms with Gasteiger partial charge in [-0.25, -0.2) is 0 Å². The van der Waals surface area contributed by atoms with E-state index >= 15 is 0 Å². The van der Waals surface area contributed by atoms with Gasteiger partial charge in [0.1, 0.15) is 0 Å². The molecule has 0 aromatic carbocycles. The summed E-state index contributed by atoms with van der Waals surface area (Å²) in [6.07, 6.45) is 8.16. The lowest BCUT2D eigenvalue weighted by Crippen LogP contribution is -2.44. The van der Waals surface area contributed by atoms with E-state index in [2.05, 4.69) is 12.2 Å². The van der Waals surface area contributed by atoms with Gasteiger partial charge in [-0.3, -0.25) is 9.59 Å². The van der Waals surface area contributed by atoms with Gasteiger partial charge < -0.3 is 9.64 Å². The first-order valence-corrected chi connectivity index (χ1v) is 7.24. The third-order valence-corrected chi connectivity index (χ3v) is 4.94. The summed E-state index contributed by atoms with van der Waals surface area (Å²) in [5.74, 6) is 1.45. The van der Waals surface area contributed by atoms with Gasteiger partial charge in [0.2, 0.25) is 5.91 Å². The molecular formula is C15H21NO3. The molecule has 0 aromatic rings. The molecule has 3 unspecified atom stereocenters. The summed E-state index contributed by atoms with van der Waals surface area (Å²) in [5, 5.41) is 0. The van der Waals surface area contributed by atoms with Gasteiger partial charge in [0, 0.05) is 19.0 Å². The Hall–Kier alpha value is -1.32. The summed E-state index contributed by atoms with van der Waals surface area (Å²) < 4.78 is 4.77. The second kappa shape index (κ2) is 4.99. The molecule has 1 saturated heterocycles. The molecule has 2 bridgehead atoms. The zero-order chi connectivity index (χ0) is 13.4. The van der Waals surface area contributed by atoms with E-state index in [-0.39, 0.29) is 17.8 Å². The maximum Gasteiger partial charge on any atom is 0.308 e. The van der Waals surface area contributed by atoms with E-state index in [1.165, 1.54) is 7.11 Å². The third kappa shape index (κ3) is 2.28. The van der Waals surface area contributed by atoms with Gasteiger partial charge in [-0.05, 0) is 37.5 Å². The van der Waals surface area contributed by atoms with Crippen molar-refractivity contribution in [2.24, 2.45) is 23.7 Å². The molecule has 2 fully saturated rings. The number of nitrogens with zero attached hydrogens (tertiary/aromatic N) is 1. The van der Waals surface area contributed by atoms with E-state index < -0.39 is 0 Å². The first-order valence-electron chi connectivity index (χ1n) is 7.24. The Morgan fingerprint density at radius 3 is 2.42 bits per heavy atom. The van der Waals surface area contributed by atoms with Crippen LogP contribution in [0.1, 0.15) is 25.7 Å². The smallest absolute Gasteiger partial charge is 0.308 e. The maximum atomic E-state index is 12.5. The minimum atomic E-state index is -0.130. The number of rotatable bonds is 2. The number of piperidine rings is 1. The Bertz CT molecular complexity index is 410. The highest BCUT2D eigenvalue weighted by molar-refractivity contribution is 5.80. The number of hydrogen-bond acceptors (Lipinski definition) is 3. The molecule has 3 rings (SSSR count). The van der Waals surface area contributed by atoms with E-state index in [1.807, 2.05) is 4.90 Å². The summed E-state index contributed by atoms with van der Waals surface area (Å²) in [5.41, 5.74) is 0. The molecule has 1 amide bonds. The molecule has 0 radical (unpaired) electrons. The van der Waals surface area contributed by atoms with Crippen LogP contribution in [0.25, 0.3) is 0 Å². The number of allylic oxidation sites excluding steroid dienone is 2. The molecule has 1 saturated carbocycles. The SMILES string of the molecule is COC(=O)C1CCN(C(=O)C2CC3C=CC2C3)CC1. The number of methoxy groups -OCH3 is 1. The molecule has 2 aliphatic carbocycles. The fourth-order valence-corrected chi connectivity index (χ4v) is 3.80. The van der Waals surface area contributed by atoms with Crippen molar-refractivity contribution < 1.29 is 14.3 Å². The van der Waals surface area contributed by atoms with Gasteiger partial charge in [0.05, 0.1) is 13.0 Å². The third-order valence-electron chi connectivity index (χ3n) is 4.94. The van der Waals surface area contributed by atoms with Crippen LogP contribution in [-0.2, 0) is 14.3 Å². The van der Waals surface area contributed by atoms with Crippen LogP contribution in [0.4, 0.5) is 0 Å². The van der Waals surface area contributed by atoms with E-state index in [0.717, 1.165) is 25.7 Å². The quantitative estimate of drug-likeness (QED) is 0.561. The van der Waals surface area contributed by atoms with Crippen LogP contribution in [-0.4, -0.2) is 37.0 Å². The highest BCUT2D eigenvalue weighted by atomic mass is 16.5. The van der Waals surface area contributed by atoms with Crippen molar-refractivity contribution >= 4 is 11.9 Å². The monoisotopic (exact) mass is 263 g/mol. The lowest BCUT2D eigenvalue weighted by molar-refractivity contribution is -0.149. The number of ether oxygens (including phenoxy) is 1. The normalized spacial score (nSPS) is 33.7. The summed E-state index contributed by atoms with van der Waals surface area (Å²) in [4.78, 5) is 25.9. The number of carbonyl (C=O) groups excluding carboxylic acids is 2. The number of esters is 1. The zero-order valence-corrected chi connectivity index (χ0v) is 11.4. The topological polar surface area (TPSA) is 46.6 Å². The molecule has 4 nitrogen and oxygen atoms in total. The predicted octanol–water partition coefficient (Wildman–Crippen LogP) is 1.61. The number of hydrogen-bond donors (Lipinski definition) is 0. The number of amides is 1. The van der Waals surface area contributed by atoms with Crippen molar-refractivity contribution in [2.75, 3.05) is 20.2 Å². The molecular weight excluding hydrogens is 242 g/mol. The molecule has 1 heterocycles. The summed E-state index contributed by atoms with van der Waals surface area (Å²) in [7, 11) is 1.43. The van der Waals surface area contributed by atoms with Gasteiger partial charge in [0.15, 0.2) is 0 Å². The fraction of sp³-hybridized carbons (Fsp3) is 0.733. The van der Waals surface area contributed by atoms with Gasteiger partial charge in [-0.15, -0.1) is 0 Å². The second-order valence-electron chi connectivity index (χ2n) is 6.01. The average Bonchev–Trinajstić information content (AvgIpc) is 3.08. The Morgan fingerprint density at radius 2 is 1.89 bits per heavy atom. The van der Waals surface area contributed by atoms with Gasteiger partial charge in [0.25, 0.3) is 0 Å². The number of fused-ring (bicyclic) bond motifs is 2. The molecule has 0 aromatic heterocycles. The van der Waals surface area contributed by atoms with Crippen LogP contribution in [0.2, 0.25) is 0 Å². The lowest BCUT2D eigenvalue weighted by Gasteiger charge is -2.33. The van der Waals surface area contributed by atoms with Gasteiger partial charge >= 0.3 is 5.97 Å². The molecule has 1 aliphatic heterocycles. The Morgan fingerprint density at radius 1 is 1.16 bits per heavy atom. The van der Waals surface area contributed by atoms with Crippen molar-refractivity contribution in [2.45, 2.75) is 25.7 Å². The Kier molecular flexibility index (Phi) is 3.33. The van der Waals surface area contributed by atoms with Crippen LogP contribution in [0, 0.1) is 23.7 Å². The Labute approximate surface area is 113 Å². The van der Waals surface area contributed by atoms with E-state index in [4.69, 9.17) is 4.74 Å². The highest BCUT2D eigenvalue weighted by Gasteiger charge is 2.42. The summed E-state index contributed by atoms with van der Waals surface area (Å²) >= 11 is 0. The number of likely N-dealkylation sites (tertiary alicyclic amines) is 1. The predicted molar refractivity (Wildman–Crippen MR) is 70.2 cm³/mol. The lowest BCUT2D eigenvalue weighted by atomic mass is 9.90. The first-order chi connectivity index (χ1) is 9.19. The van der Waals surface area contributed by atoms with Crippen LogP contribution in [0.15, 0.2) is 12.2 Å². The molecule has 3 aliphatic rings. The average molecular weight is 263 g/mol. The van der Waals surface area contributed by atoms with E-state index in [0.29, 0.717) is 30.8 Å². The first kappa shape index (κ1) is 12.7. The van der Waals surface area contributed by atoms with Gasteiger partial charge in [-0.1, -0.05) is 12.2 Å². The van der Waals surface area contributed by atoms with E-state index in [1.54, 1.807) is 0 Å². The van der Waals surface area contributed by atoms with Crippen LogP contribution < -0.4 is 0 Å². The molecule has 0 N–H and O–H groups in total. The van der Waals surface area contributed by atoms with Crippen LogP contribution in [0.5, 0.6) is 0 Å². The van der Waals surface area contributed by atoms with Crippen LogP contribution in [0.3, 0.4) is 0 Å². The molecule has 3 atom stereocenters. The second-order valence-corrected chi connectivity index (χ2v) is 6.01. The molecule has 4 heteroatoms. The molecule has 0 spiro atoms. The molecule has 19 heavy (non-hydrogen) atoms. The van der Waals surface area contributed by atoms with Crippen molar-refractivity contribution in [3.63, 3.8) is 0 Å². The molecule has 104 valence electrons. The van der Waals surface area contributed by atoms with Crippen molar-refractivity contribution in [1.29, 1.82) is 0 Å². The van der Waals surface area contributed by atoms with Gasteiger partial charge in [-0.2, -0.15) is 0 Å². The van der Waals surface area contributed by atoms with Crippen molar-refractivity contribution in [3.05, 3.63) is 12.2 Å². The van der Waals surface area contributed by atoms with Crippen molar-refractivity contribution in [1.82, 2.24) is 4.90 Å². The fourth-order valence-electron chi connectivity index (χ4n) is 3.80. The number of carbonyl (C=O) groups is 2. The maximum absolute atomic E-state index is 12.5. The van der Waals surface area contributed by atoms with E-state index in [9.17, 15) is 9.59 Å². The minimum absolute atomic E-state index is 0.0195. The van der Waals surface area contributed by atoms with Crippen LogP contribution >= 0.6 is 0 Å². The Balaban J connectivity index is 1.55. The standard InChI is InChI=1S/C15H21NO3/c1-19-15(18)11-4-6-16(7-5-11)14(17)13-9-10-2-3-12(13)8-10/h2-3,10-13H,4-9H2,1H3. The zero-order valence-electron chi connectivity index (χ0n) is 11.4. The highest BCUT2D eigenvalue weighted by Crippen LogP contribution is 2.44. The minimum Gasteiger partial charge on any atom is -0.469 e. The summed E-state index contributed by atoms with van der Waals surface area (Å²) in [6, 6.07) is 0. The largest absolute Gasteiger partial charge is 0.469 e. The summed E-state index contributed by atoms with van der Waals surface area (Å²) in [6.45, 7) is 1.41. The van der Waals surface area contributed by atoms with Crippen molar-refractivity contribution in [3.8, 4) is 0 Å².